The molecule has 0 fully saturated rings. The Balaban J connectivity index is 0.00000256. The summed E-state index contributed by atoms with van der Waals surface area (Å²) < 4.78 is 0.865. The molecule has 0 spiro atoms. The van der Waals surface area contributed by atoms with Gasteiger partial charge in [-0.25, -0.2) is 0 Å². The van der Waals surface area contributed by atoms with Crippen LogP contribution in [-0.4, -0.2) is 25.0 Å². The van der Waals surface area contributed by atoms with Crippen LogP contribution in [0.3, 0.4) is 0 Å². The Hall–Kier alpha value is -0.830. The summed E-state index contributed by atoms with van der Waals surface area (Å²) in [6.45, 7) is 0.783. The molecule has 94 valence electrons. The smallest absolute Gasteiger partial charge is 0.251 e. The van der Waals surface area contributed by atoms with Crippen molar-refractivity contribution < 1.29 is 4.79 Å². The minimum absolute atomic E-state index is 0. The summed E-state index contributed by atoms with van der Waals surface area (Å²) in [4.78, 5) is 15.4. The number of carbonyl (C=O) groups excluding carboxylic acids is 1. The number of amides is 1. The van der Waals surface area contributed by atoms with Crippen molar-refractivity contribution in [3.8, 4) is 0 Å². The topological polar surface area (TPSA) is 93.5 Å². The van der Waals surface area contributed by atoms with Crippen molar-refractivity contribution in [1.29, 1.82) is 0 Å². The Morgan fingerprint density at radius 1 is 1.41 bits per heavy atom. The van der Waals surface area contributed by atoms with Gasteiger partial charge in [0.1, 0.15) is 0 Å². The molecule has 1 amide bonds. The average Bonchev–Trinajstić information content (AvgIpc) is 2.24. The molecule has 0 aromatic heterocycles. The molecule has 17 heavy (non-hydrogen) atoms. The molecule has 0 bridgehead atoms. The summed E-state index contributed by atoms with van der Waals surface area (Å²) in [5.41, 5.74) is 10.9. The van der Waals surface area contributed by atoms with Gasteiger partial charge in [0.05, 0.1) is 6.54 Å². The van der Waals surface area contributed by atoms with Gasteiger partial charge in [0.25, 0.3) is 5.91 Å². The highest BCUT2D eigenvalue weighted by Crippen LogP contribution is 2.11. The third-order valence-corrected chi connectivity index (χ3v) is 2.27. The fourth-order valence-electron chi connectivity index (χ4n) is 1.09. The number of rotatable bonds is 4. The number of carbonyl (C=O) groups is 1. The van der Waals surface area contributed by atoms with Crippen LogP contribution in [-0.2, 0) is 0 Å². The van der Waals surface area contributed by atoms with Crippen LogP contribution in [0.1, 0.15) is 10.4 Å². The molecule has 5 N–H and O–H groups in total. The summed E-state index contributed by atoms with van der Waals surface area (Å²) in [7, 11) is 0. The number of benzene rings is 1. The summed E-state index contributed by atoms with van der Waals surface area (Å²) in [5.74, 6) is -0.121. The number of guanidine groups is 1. The molecular formula is C10H14BrIN4O. The third-order valence-electron chi connectivity index (χ3n) is 1.78. The summed E-state index contributed by atoms with van der Waals surface area (Å²) in [5, 5.41) is 2.70. The zero-order valence-corrected chi connectivity index (χ0v) is 12.9. The van der Waals surface area contributed by atoms with Crippen LogP contribution in [0.15, 0.2) is 33.7 Å². The number of nitrogens with zero attached hydrogens (tertiary/aromatic N) is 1. The Labute approximate surface area is 125 Å². The lowest BCUT2D eigenvalue weighted by molar-refractivity contribution is 0.0954. The largest absolute Gasteiger partial charge is 0.370 e. The van der Waals surface area contributed by atoms with Gasteiger partial charge in [-0.2, -0.15) is 0 Å². The van der Waals surface area contributed by atoms with Crippen molar-refractivity contribution in [1.82, 2.24) is 5.32 Å². The molecule has 1 rings (SSSR count). The van der Waals surface area contributed by atoms with E-state index < -0.39 is 0 Å². The minimum Gasteiger partial charge on any atom is -0.370 e. The van der Waals surface area contributed by atoms with E-state index >= 15 is 0 Å². The van der Waals surface area contributed by atoms with Crippen molar-refractivity contribution in [3.05, 3.63) is 34.3 Å². The lowest BCUT2D eigenvalue weighted by Gasteiger charge is -2.03. The van der Waals surface area contributed by atoms with E-state index in [4.69, 9.17) is 11.5 Å². The first-order valence-corrected chi connectivity index (χ1v) is 5.48. The highest BCUT2D eigenvalue weighted by atomic mass is 127. The van der Waals surface area contributed by atoms with E-state index in [2.05, 4.69) is 26.2 Å². The predicted octanol–water partition coefficient (Wildman–Crippen LogP) is 1.07. The molecule has 5 nitrogen and oxygen atoms in total. The lowest BCUT2D eigenvalue weighted by Crippen LogP contribution is -2.28. The van der Waals surface area contributed by atoms with Gasteiger partial charge in [0, 0.05) is 16.6 Å². The molecular weight excluding hydrogens is 399 g/mol. The highest BCUT2D eigenvalue weighted by molar-refractivity contribution is 14.0. The Kier molecular flexibility index (Phi) is 7.88. The maximum Gasteiger partial charge on any atom is 0.251 e. The number of nitrogens with one attached hydrogen (secondary N) is 1. The molecule has 0 atom stereocenters. The monoisotopic (exact) mass is 412 g/mol. The normalized spacial score (nSPS) is 9.00. The molecule has 0 radical (unpaired) electrons. The molecule has 1 aromatic carbocycles. The van der Waals surface area contributed by atoms with Crippen LogP contribution in [0.25, 0.3) is 0 Å². The first-order chi connectivity index (χ1) is 7.59. The maximum atomic E-state index is 11.6. The van der Waals surface area contributed by atoms with Gasteiger partial charge in [0.2, 0.25) is 0 Å². The van der Waals surface area contributed by atoms with Crippen LogP contribution in [0.2, 0.25) is 0 Å². The van der Waals surface area contributed by atoms with E-state index in [-0.39, 0.29) is 35.8 Å². The standard InChI is InChI=1S/C10H13BrN4O.HI/c11-8-3-1-2-7(6-8)9(16)14-4-5-15-10(12)13;/h1-3,6H,4-5H2,(H,14,16)(H4,12,13,15);1H. The molecule has 0 aliphatic rings. The lowest BCUT2D eigenvalue weighted by atomic mass is 10.2. The van der Waals surface area contributed by atoms with E-state index in [0.29, 0.717) is 18.7 Å². The molecule has 0 aliphatic carbocycles. The molecule has 7 heteroatoms. The molecule has 0 saturated heterocycles. The second-order valence-corrected chi connectivity index (χ2v) is 3.99. The fraction of sp³-hybridized carbons (Fsp3) is 0.200. The van der Waals surface area contributed by atoms with E-state index in [9.17, 15) is 4.79 Å². The second kappa shape index (κ2) is 8.29. The van der Waals surface area contributed by atoms with E-state index in [1.165, 1.54) is 0 Å². The zero-order valence-electron chi connectivity index (χ0n) is 9.02. The van der Waals surface area contributed by atoms with Crippen LogP contribution in [0.5, 0.6) is 0 Å². The van der Waals surface area contributed by atoms with Crippen molar-refractivity contribution in [2.24, 2.45) is 16.5 Å². The number of aliphatic imine (C=N–C) groups is 1. The first kappa shape index (κ1) is 16.2. The number of halogens is 2. The van der Waals surface area contributed by atoms with Gasteiger partial charge in [-0.1, -0.05) is 22.0 Å². The SMILES string of the molecule is I.NC(N)=NCCNC(=O)c1cccc(Br)c1. The van der Waals surface area contributed by atoms with Gasteiger partial charge in [-0.05, 0) is 18.2 Å². The van der Waals surface area contributed by atoms with Gasteiger partial charge < -0.3 is 16.8 Å². The van der Waals surface area contributed by atoms with Crippen LogP contribution in [0, 0.1) is 0 Å². The van der Waals surface area contributed by atoms with Crippen molar-refractivity contribution >= 4 is 51.8 Å². The summed E-state index contributed by atoms with van der Waals surface area (Å²) in [6, 6.07) is 7.14. The predicted molar refractivity (Wildman–Crippen MR) is 82.6 cm³/mol. The van der Waals surface area contributed by atoms with E-state index in [0.717, 1.165) is 4.47 Å². The summed E-state index contributed by atoms with van der Waals surface area (Å²) in [6.07, 6.45) is 0. The Morgan fingerprint density at radius 2 is 2.12 bits per heavy atom. The van der Waals surface area contributed by atoms with Crippen molar-refractivity contribution in [2.75, 3.05) is 13.1 Å². The molecule has 0 saturated carbocycles. The zero-order chi connectivity index (χ0) is 12.0. The van der Waals surface area contributed by atoms with Crippen LogP contribution in [0.4, 0.5) is 0 Å². The highest BCUT2D eigenvalue weighted by Gasteiger charge is 2.03. The van der Waals surface area contributed by atoms with Gasteiger partial charge in [-0.15, -0.1) is 24.0 Å². The first-order valence-electron chi connectivity index (χ1n) is 4.69. The Morgan fingerprint density at radius 3 is 2.71 bits per heavy atom. The maximum absolute atomic E-state index is 11.6. The van der Waals surface area contributed by atoms with Gasteiger partial charge >= 0.3 is 0 Å². The van der Waals surface area contributed by atoms with Gasteiger partial charge in [0.15, 0.2) is 5.96 Å². The average molecular weight is 413 g/mol. The number of hydrogen-bond donors (Lipinski definition) is 3. The van der Waals surface area contributed by atoms with Crippen LogP contribution >= 0.6 is 39.9 Å². The van der Waals surface area contributed by atoms with E-state index in [1.807, 2.05) is 6.07 Å². The number of nitrogens with two attached hydrogens (primary N) is 2. The van der Waals surface area contributed by atoms with Crippen LogP contribution < -0.4 is 16.8 Å². The molecule has 1 aromatic rings. The quantitative estimate of drug-likeness (QED) is 0.299. The second-order valence-electron chi connectivity index (χ2n) is 3.07. The number of hydrogen-bond acceptors (Lipinski definition) is 2. The third kappa shape index (κ3) is 6.47. The van der Waals surface area contributed by atoms with Gasteiger partial charge in [-0.3, -0.25) is 9.79 Å². The van der Waals surface area contributed by atoms with Crippen molar-refractivity contribution in [3.63, 3.8) is 0 Å². The molecule has 0 aliphatic heterocycles. The van der Waals surface area contributed by atoms with E-state index in [1.54, 1.807) is 18.2 Å². The fourth-order valence-corrected chi connectivity index (χ4v) is 1.49. The minimum atomic E-state index is -0.146. The molecule has 0 heterocycles. The van der Waals surface area contributed by atoms with Crippen molar-refractivity contribution in [2.45, 2.75) is 0 Å². The molecule has 0 unspecified atom stereocenters. The summed E-state index contributed by atoms with van der Waals surface area (Å²) >= 11 is 3.30. The Bertz CT molecular complexity index is 407.